The first-order valence-corrected chi connectivity index (χ1v) is 11.8. The number of likely N-dealkylation sites (tertiary alicyclic amines) is 1. The van der Waals surface area contributed by atoms with E-state index in [-0.39, 0.29) is 23.7 Å². The molecule has 1 fully saturated rings. The maximum atomic E-state index is 13.7. The standard InChI is InChI=1S/C28H28ClN2O2/c1-19-12-13-25-22(16-19)23-17-31(2,18-27(32)20-8-4-3-5-9-20)15-14-26(23)30(25)28(33)21-10-6-7-11-24(21)29/h3-13,16,23,26H,14-15,17-18H2,1-2H3/q+1/t23-,26+,31+/m0/s1. The molecule has 0 unspecified atom stereocenters. The lowest BCUT2D eigenvalue weighted by Gasteiger charge is -2.44. The fourth-order valence-electron chi connectivity index (χ4n) is 5.55. The highest BCUT2D eigenvalue weighted by atomic mass is 35.5. The number of anilines is 1. The highest BCUT2D eigenvalue weighted by molar-refractivity contribution is 6.34. The lowest BCUT2D eigenvalue weighted by molar-refractivity contribution is -0.907. The van der Waals surface area contributed by atoms with Crippen molar-refractivity contribution in [2.24, 2.45) is 0 Å². The smallest absolute Gasteiger partial charge is 0.260 e. The van der Waals surface area contributed by atoms with Gasteiger partial charge in [-0.25, -0.2) is 0 Å². The van der Waals surface area contributed by atoms with Crippen molar-refractivity contribution in [3.63, 3.8) is 0 Å². The van der Waals surface area contributed by atoms with Crippen LogP contribution in [0.5, 0.6) is 0 Å². The zero-order valence-electron chi connectivity index (χ0n) is 19.0. The molecule has 2 aliphatic heterocycles. The van der Waals surface area contributed by atoms with Crippen LogP contribution >= 0.6 is 11.6 Å². The minimum absolute atomic E-state index is 0.0466. The van der Waals surface area contributed by atoms with Crippen molar-refractivity contribution in [3.05, 3.63) is 100 Å². The van der Waals surface area contributed by atoms with E-state index in [1.807, 2.05) is 47.4 Å². The lowest BCUT2D eigenvalue weighted by atomic mass is 9.87. The van der Waals surface area contributed by atoms with E-state index in [1.54, 1.807) is 12.1 Å². The first-order valence-electron chi connectivity index (χ1n) is 11.5. The summed E-state index contributed by atoms with van der Waals surface area (Å²) in [5.41, 5.74) is 4.66. The number of amides is 1. The third kappa shape index (κ3) is 3.98. The van der Waals surface area contributed by atoms with E-state index in [1.165, 1.54) is 11.1 Å². The average Bonchev–Trinajstić information content (AvgIpc) is 3.11. The van der Waals surface area contributed by atoms with Crippen LogP contribution in [0.15, 0.2) is 72.8 Å². The third-order valence-electron chi connectivity index (χ3n) is 7.18. The number of rotatable bonds is 4. The molecular weight excluding hydrogens is 432 g/mol. The molecule has 2 heterocycles. The summed E-state index contributed by atoms with van der Waals surface area (Å²) >= 11 is 6.40. The quantitative estimate of drug-likeness (QED) is 0.382. The van der Waals surface area contributed by atoms with Crippen LogP contribution in [0.2, 0.25) is 5.02 Å². The minimum atomic E-state index is -0.0466. The van der Waals surface area contributed by atoms with Gasteiger partial charge in [0.05, 0.1) is 42.7 Å². The van der Waals surface area contributed by atoms with Crippen LogP contribution in [0.3, 0.4) is 0 Å². The third-order valence-corrected chi connectivity index (χ3v) is 7.51. The SMILES string of the molecule is Cc1ccc2c(c1)[C@@H]1C[N@+](C)(CC(=O)c3ccccc3)CC[C@H]1N2C(=O)c1ccccc1Cl. The molecule has 0 bridgehead atoms. The molecule has 0 aromatic heterocycles. The Balaban J connectivity index is 1.47. The zero-order valence-corrected chi connectivity index (χ0v) is 19.8. The fourth-order valence-corrected chi connectivity index (χ4v) is 5.76. The number of ketones is 1. The van der Waals surface area contributed by atoms with Crippen LogP contribution in [-0.2, 0) is 0 Å². The zero-order chi connectivity index (χ0) is 23.2. The molecule has 3 atom stereocenters. The topological polar surface area (TPSA) is 37.4 Å². The molecule has 0 N–H and O–H groups in total. The Morgan fingerprint density at radius 2 is 1.76 bits per heavy atom. The molecule has 0 saturated carbocycles. The molecule has 1 saturated heterocycles. The number of carbonyl (C=O) groups is 2. The molecule has 168 valence electrons. The number of hydrogen-bond acceptors (Lipinski definition) is 2. The van der Waals surface area contributed by atoms with E-state index in [4.69, 9.17) is 11.6 Å². The highest BCUT2D eigenvalue weighted by Crippen LogP contribution is 2.47. The molecular formula is C28H28ClN2O2+. The van der Waals surface area contributed by atoms with Gasteiger partial charge in [-0.3, -0.25) is 9.59 Å². The molecule has 5 rings (SSSR count). The molecule has 0 radical (unpaired) electrons. The second-order valence-corrected chi connectivity index (χ2v) is 10.1. The summed E-state index contributed by atoms with van der Waals surface area (Å²) < 4.78 is 0.677. The van der Waals surface area contributed by atoms with E-state index in [9.17, 15) is 9.59 Å². The molecule has 0 aliphatic carbocycles. The molecule has 2 aliphatic rings. The number of hydrogen-bond donors (Lipinski definition) is 0. The molecule has 4 nitrogen and oxygen atoms in total. The second-order valence-electron chi connectivity index (χ2n) is 9.65. The Labute approximate surface area is 200 Å². The average molecular weight is 460 g/mol. The predicted octanol–water partition coefficient (Wildman–Crippen LogP) is 5.49. The van der Waals surface area contributed by atoms with Gasteiger partial charge in [0.25, 0.3) is 5.91 Å². The summed E-state index contributed by atoms with van der Waals surface area (Å²) in [4.78, 5) is 28.6. The van der Waals surface area contributed by atoms with Crippen LogP contribution in [0.1, 0.15) is 44.2 Å². The molecule has 0 spiro atoms. The van der Waals surface area contributed by atoms with Crippen molar-refractivity contribution in [1.29, 1.82) is 0 Å². The van der Waals surface area contributed by atoms with Gasteiger partial charge in [0.1, 0.15) is 6.54 Å². The van der Waals surface area contributed by atoms with Crippen molar-refractivity contribution < 1.29 is 14.1 Å². The summed E-state index contributed by atoms with van der Waals surface area (Å²) in [6, 6.07) is 23.2. The fraction of sp³-hybridized carbons (Fsp3) is 0.286. The van der Waals surface area contributed by atoms with Crippen LogP contribution in [0.4, 0.5) is 5.69 Å². The van der Waals surface area contributed by atoms with E-state index in [0.717, 1.165) is 30.8 Å². The van der Waals surface area contributed by atoms with E-state index >= 15 is 0 Å². The van der Waals surface area contributed by atoms with Crippen molar-refractivity contribution in [2.45, 2.75) is 25.3 Å². The van der Waals surface area contributed by atoms with Gasteiger partial charge >= 0.3 is 0 Å². The van der Waals surface area contributed by atoms with Crippen LogP contribution in [0, 0.1) is 6.92 Å². The van der Waals surface area contributed by atoms with Crippen molar-refractivity contribution in [1.82, 2.24) is 0 Å². The Bertz CT molecular complexity index is 1230. The molecule has 3 aromatic rings. The number of piperidine rings is 1. The summed E-state index contributed by atoms with van der Waals surface area (Å²) in [5.74, 6) is 0.311. The number of fused-ring (bicyclic) bond motifs is 3. The number of likely N-dealkylation sites (N-methyl/N-ethyl adjacent to an activating group) is 1. The number of benzene rings is 3. The maximum absolute atomic E-state index is 13.7. The molecule has 3 aromatic carbocycles. The van der Waals surface area contributed by atoms with E-state index in [2.05, 4.69) is 32.2 Å². The monoisotopic (exact) mass is 459 g/mol. The number of quaternary nitrogens is 1. The van der Waals surface area contributed by atoms with Crippen molar-refractivity contribution in [2.75, 3.05) is 31.6 Å². The van der Waals surface area contributed by atoms with E-state index < -0.39 is 0 Å². The summed E-state index contributed by atoms with van der Waals surface area (Å²) in [5, 5.41) is 0.476. The largest absolute Gasteiger partial charge is 0.319 e. The van der Waals surface area contributed by atoms with Crippen LogP contribution < -0.4 is 4.90 Å². The normalized spacial score (nSPS) is 23.7. The van der Waals surface area contributed by atoms with Crippen LogP contribution in [0.25, 0.3) is 0 Å². The maximum Gasteiger partial charge on any atom is 0.260 e. The first kappa shape index (κ1) is 21.9. The summed E-state index contributed by atoms with van der Waals surface area (Å²) in [6.45, 7) is 4.22. The van der Waals surface area contributed by atoms with Gasteiger partial charge < -0.3 is 9.38 Å². The number of aryl methyl sites for hydroxylation is 1. The Morgan fingerprint density at radius 3 is 2.52 bits per heavy atom. The van der Waals surface area contributed by atoms with Gasteiger partial charge in [-0.1, -0.05) is 71.8 Å². The minimum Gasteiger partial charge on any atom is -0.319 e. The Morgan fingerprint density at radius 1 is 1.03 bits per heavy atom. The Hall–Kier alpha value is -2.95. The molecule has 1 amide bonds. The number of halogens is 1. The van der Waals surface area contributed by atoms with Crippen molar-refractivity contribution in [3.8, 4) is 0 Å². The van der Waals surface area contributed by atoms with Gasteiger partial charge in [0, 0.05) is 17.7 Å². The van der Waals surface area contributed by atoms with Gasteiger partial charge in [-0.2, -0.15) is 0 Å². The summed E-state index contributed by atoms with van der Waals surface area (Å²) in [6.07, 6.45) is 0.840. The number of Topliss-reactive ketones (excluding diaryl/α,β-unsaturated/α-hetero) is 1. The lowest BCUT2D eigenvalue weighted by Crippen LogP contribution is -2.58. The second kappa shape index (κ2) is 8.44. The van der Waals surface area contributed by atoms with Gasteiger partial charge in [0.2, 0.25) is 5.78 Å². The number of carbonyl (C=O) groups excluding carboxylic acids is 2. The van der Waals surface area contributed by atoms with E-state index in [0.29, 0.717) is 21.6 Å². The van der Waals surface area contributed by atoms with Gasteiger partial charge in [-0.15, -0.1) is 0 Å². The highest BCUT2D eigenvalue weighted by Gasteiger charge is 2.49. The first-order chi connectivity index (χ1) is 15.9. The van der Waals surface area contributed by atoms with Gasteiger partial charge in [-0.05, 0) is 30.7 Å². The predicted molar refractivity (Wildman–Crippen MR) is 132 cm³/mol. The van der Waals surface area contributed by atoms with Crippen molar-refractivity contribution >= 4 is 29.0 Å². The Kier molecular flexibility index (Phi) is 5.59. The summed E-state index contributed by atoms with van der Waals surface area (Å²) in [7, 11) is 2.17. The van der Waals surface area contributed by atoms with Crippen LogP contribution in [-0.4, -0.2) is 48.9 Å². The van der Waals surface area contributed by atoms with Gasteiger partial charge in [0.15, 0.2) is 0 Å². The number of nitrogens with zero attached hydrogens (tertiary/aromatic N) is 2. The molecule has 5 heteroatoms. The molecule has 33 heavy (non-hydrogen) atoms.